The fraction of sp³-hybridized carbons (Fsp3) is 0.800. The molecule has 6 heteroatoms. The maximum absolute atomic E-state index is 11.8. The molecule has 0 spiro atoms. The first-order valence-electron chi connectivity index (χ1n) is 5.01. The Labute approximate surface area is 92.6 Å². The number of nitrogens with one attached hydrogen (secondary N) is 1. The summed E-state index contributed by atoms with van der Waals surface area (Å²) in [5.41, 5.74) is -1.15. The molecule has 3 nitrogen and oxygen atoms in total. The van der Waals surface area contributed by atoms with E-state index in [0.29, 0.717) is 6.42 Å². The normalized spacial score (nSPS) is 15.0. The summed E-state index contributed by atoms with van der Waals surface area (Å²) in [5, 5.41) is 11.1. The van der Waals surface area contributed by atoms with Crippen LogP contribution in [0.5, 0.6) is 0 Å². The molecule has 0 aliphatic carbocycles. The molecular formula is C10H15F3N2O. The van der Waals surface area contributed by atoms with Gasteiger partial charge in [0.2, 0.25) is 5.91 Å². The van der Waals surface area contributed by atoms with Gasteiger partial charge in [-0.15, -0.1) is 0 Å². The van der Waals surface area contributed by atoms with E-state index in [1.54, 1.807) is 6.92 Å². The molecule has 0 fully saturated rings. The van der Waals surface area contributed by atoms with Crippen molar-refractivity contribution in [1.29, 1.82) is 5.26 Å². The number of halogens is 3. The highest BCUT2D eigenvalue weighted by molar-refractivity contribution is 5.84. The maximum atomic E-state index is 11.8. The number of carbonyl (C=O) groups excluding carboxylic acids is 1. The summed E-state index contributed by atoms with van der Waals surface area (Å²) in [6, 6.07) is 1.85. The van der Waals surface area contributed by atoms with Crippen LogP contribution in [0.2, 0.25) is 0 Å². The summed E-state index contributed by atoms with van der Waals surface area (Å²) in [5.74, 6) is -0.514. The average molecular weight is 236 g/mol. The number of hydrogen-bond acceptors (Lipinski definition) is 2. The van der Waals surface area contributed by atoms with E-state index in [0.717, 1.165) is 0 Å². The minimum absolute atomic E-state index is 0.0599. The summed E-state index contributed by atoms with van der Waals surface area (Å²) in [4.78, 5) is 11.4. The van der Waals surface area contributed by atoms with Gasteiger partial charge in [0.1, 0.15) is 5.41 Å². The Morgan fingerprint density at radius 2 is 2.00 bits per heavy atom. The Morgan fingerprint density at radius 1 is 1.44 bits per heavy atom. The molecule has 0 aliphatic heterocycles. The molecule has 0 radical (unpaired) electrons. The lowest BCUT2D eigenvalue weighted by atomic mass is 9.88. The van der Waals surface area contributed by atoms with E-state index in [2.05, 4.69) is 5.32 Å². The minimum atomic E-state index is -4.20. The third kappa shape index (κ3) is 5.01. The number of amides is 1. The molecular weight excluding hydrogens is 221 g/mol. The lowest BCUT2D eigenvalue weighted by Gasteiger charge is -2.18. The predicted molar refractivity (Wildman–Crippen MR) is 52.3 cm³/mol. The second-order valence-electron chi connectivity index (χ2n) is 3.77. The van der Waals surface area contributed by atoms with Crippen LogP contribution in [0.3, 0.4) is 0 Å². The van der Waals surface area contributed by atoms with Crippen LogP contribution in [-0.4, -0.2) is 18.6 Å². The van der Waals surface area contributed by atoms with Crippen molar-refractivity contribution < 1.29 is 18.0 Å². The maximum Gasteiger partial charge on any atom is 0.389 e. The smallest absolute Gasteiger partial charge is 0.355 e. The molecule has 92 valence electrons. The zero-order valence-electron chi connectivity index (χ0n) is 9.32. The highest BCUT2D eigenvalue weighted by Gasteiger charge is 2.31. The summed E-state index contributed by atoms with van der Waals surface area (Å²) in [6.07, 6.45) is -4.97. The Balaban J connectivity index is 3.96. The van der Waals surface area contributed by atoms with Crippen LogP contribution in [0.15, 0.2) is 0 Å². The predicted octanol–water partition coefficient (Wildman–Crippen LogP) is 2.38. The van der Waals surface area contributed by atoms with E-state index in [1.165, 1.54) is 6.92 Å². The molecule has 0 aromatic heterocycles. The molecule has 0 rings (SSSR count). The molecule has 1 N–H and O–H groups in total. The average Bonchev–Trinajstić information content (AvgIpc) is 2.21. The number of nitriles is 1. The van der Waals surface area contributed by atoms with Gasteiger partial charge in [0.15, 0.2) is 0 Å². The highest BCUT2D eigenvalue weighted by atomic mass is 19.4. The number of nitrogens with zero attached hydrogens (tertiary/aromatic N) is 1. The molecule has 1 unspecified atom stereocenters. The fourth-order valence-electron chi connectivity index (χ4n) is 0.976. The third-order valence-corrected chi connectivity index (χ3v) is 2.38. The van der Waals surface area contributed by atoms with E-state index in [9.17, 15) is 18.0 Å². The van der Waals surface area contributed by atoms with Crippen LogP contribution in [0.25, 0.3) is 0 Å². The van der Waals surface area contributed by atoms with Crippen molar-refractivity contribution >= 4 is 5.91 Å². The standard InChI is InChI=1S/C10H15F3N2O/c1-3-9(2,7-14)8(16)15-6-4-5-10(11,12)13/h3-6H2,1-2H3,(H,15,16). The van der Waals surface area contributed by atoms with Crippen LogP contribution in [0.1, 0.15) is 33.1 Å². The molecule has 1 atom stereocenters. The van der Waals surface area contributed by atoms with Gasteiger partial charge in [0.05, 0.1) is 6.07 Å². The molecule has 0 aliphatic rings. The molecule has 16 heavy (non-hydrogen) atoms. The summed E-state index contributed by atoms with van der Waals surface area (Å²) < 4.78 is 35.3. The lowest BCUT2D eigenvalue weighted by molar-refractivity contribution is -0.137. The van der Waals surface area contributed by atoms with Crippen LogP contribution >= 0.6 is 0 Å². The molecule has 0 heterocycles. The first-order valence-corrected chi connectivity index (χ1v) is 5.01. The van der Waals surface area contributed by atoms with Gasteiger partial charge in [-0.1, -0.05) is 6.92 Å². The number of rotatable bonds is 5. The first-order chi connectivity index (χ1) is 7.25. The monoisotopic (exact) mass is 236 g/mol. The second kappa shape index (κ2) is 5.73. The van der Waals surface area contributed by atoms with Crippen LogP contribution < -0.4 is 5.32 Å². The molecule has 0 bridgehead atoms. The van der Waals surface area contributed by atoms with Crippen molar-refractivity contribution in [3.63, 3.8) is 0 Å². The number of hydrogen-bond donors (Lipinski definition) is 1. The van der Waals surface area contributed by atoms with Crippen molar-refractivity contribution in [2.45, 2.75) is 39.3 Å². The van der Waals surface area contributed by atoms with Gasteiger partial charge in [-0.2, -0.15) is 18.4 Å². The third-order valence-electron chi connectivity index (χ3n) is 2.38. The Bertz CT molecular complexity index is 283. The molecule has 1 amide bonds. The molecule has 0 aromatic carbocycles. The Morgan fingerprint density at radius 3 is 2.38 bits per heavy atom. The van der Waals surface area contributed by atoms with Gasteiger partial charge in [-0.3, -0.25) is 4.79 Å². The largest absolute Gasteiger partial charge is 0.389 e. The fourth-order valence-corrected chi connectivity index (χ4v) is 0.976. The second-order valence-corrected chi connectivity index (χ2v) is 3.77. The van der Waals surface area contributed by atoms with Gasteiger partial charge < -0.3 is 5.32 Å². The lowest BCUT2D eigenvalue weighted by Crippen LogP contribution is -2.38. The van der Waals surface area contributed by atoms with E-state index in [4.69, 9.17) is 5.26 Å². The zero-order chi connectivity index (χ0) is 12.8. The van der Waals surface area contributed by atoms with E-state index < -0.39 is 23.9 Å². The zero-order valence-corrected chi connectivity index (χ0v) is 9.32. The van der Waals surface area contributed by atoms with Gasteiger partial charge in [-0.05, 0) is 19.8 Å². The topological polar surface area (TPSA) is 52.9 Å². The molecule has 0 saturated heterocycles. The van der Waals surface area contributed by atoms with E-state index in [1.807, 2.05) is 6.07 Å². The van der Waals surface area contributed by atoms with Crippen molar-refractivity contribution in [2.75, 3.05) is 6.54 Å². The van der Waals surface area contributed by atoms with Crippen LogP contribution in [0, 0.1) is 16.7 Å². The first kappa shape index (κ1) is 14.8. The summed E-state index contributed by atoms with van der Waals surface area (Å²) in [7, 11) is 0. The summed E-state index contributed by atoms with van der Waals surface area (Å²) >= 11 is 0. The summed E-state index contributed by atoms with van der Waals surface area (Å²) in [6.45, 7) is 3.08. The number of carbonyl (C=O) groups is 1. The van der Waals surface area contributed by atoms with Crippen molar-refractivity contribution in [3.8, 4) is 6.07 Å². The Kier molecular flexibility index (Phi) is 5.28. The van der Waals surface area contributed by atoms with E-state index >= 15 is 0 Å². The molecule has 0 aromatic rings. The van der Waals surface area contributed by atoms with Gasteiger partial charge >= 0.3 is 6.18 Å². The van der Waals surface area contributed by atoms with Crippen molar-refractivity contribution in [2.24, 2.45) is 5.41 Å². The SMILES string of the molecule is CCC(C)(C#N)C(=O)NCCCC(F)(F)F. The highest BCUT2D eigenvalue weighted by Crippen LogP contribution is 2.22. The Hall–Kier alpha value is -1.25. The minimum Gasteiger partial charge on any atom is -0.355 e. The van der Waals surface area contributed by atoms with Crippen molar-refractivity contribution in [3.05, 3.63) is 0 Å². The number of alkyl halides is 3. The van der Waals surface area contributed by atoms with Gasteiger partial charge in [0.25, 0.3) is 0 Å². The van der Waals surface area contributed by atoms with Gasteiger partial charge in [-0.25, -0.2) is 0 Å². The van der Waals surface area contributed by atoms with E-state index in [-0.39, 0.29) is 13.0 Å². The van der Waals surface area contributed by atoms with Crippen LogP contribution in [0.4, 0.5) is 13.2 Å². The molecule has 0 saturated carbocycles. The quantitative estimate of drug-likeness (QED) is 0.745. The van der Waals surface area contributed by atoms with Gasteiger partial charge in [0, 0.05) is 13.0 Å². The van der Waals surface area contributed by atoms with Crippen molar-refractivity contribution in [1.82, 2.24) is 5.32 Å². The van der Waals surface area contributed by atoms with Crippen LogP contribution in [-0.2, 0) is 4.79 Å².